The van der Waals surface area contributed by atoms with Gasteiger partial charge in [-0.25, -0.2) is 9.37 Å². The summed E-state index contributed by atoms with van der Waals surface area (Å²) in [6, 6.07) is 18.3. The number of hydrogen-bond acceptors (Lipinski definition) is 2. The van der Waals surface area contributed by atoms with E-state index in [1.165, 1.54) is 0 Å². The number of para-hydroxylation sites is 1. The van der Waals surface area contributed by atoms with Crippen molar-refractivity contribution in [2.45, 2.75) is 32.4 Å². The largest absolute Gasteiger partial charge is 0.489 e. The summed E-state index contributed by atoms with van der Waals surface area (Å²) in [5.41, 5.74) is 3.85. The van der Waals surface area contributed by atoms with Gasteiger partial charge in [0.15, 0.2) is 0 Å². The molecule has 0 spiro atoms. The minimum atomic E-state index is -0.735. The molecule has 1 unspecified atom stereocenters. The van der Waals surface area contributed by atoms with Gasteiger partial charge in [-0.2, -0.15) is 0 Å². The minimum absolute atomic E-state index is 0.433. The smallest absolute Gasteiger partial charge is 0.129 e. The molecule has 3 heteroatoms. The summed E-state index contributed by atoms with van der Waals surface area (Å²) in [4.78, 5) is 4.79. The van der Waals surface area contributed by atoms with Crippen LogP contribution in [0.15, 0.2) is 73.3 Å². The lowest BCUT2D eigenvalue weighted by atomic mass is 10.0. The van der Waals surface area contributed by atoms with Crippen LogP contribution in [0.1, 0.15) is 31.7 Å². The van der Waals surface area contributed by atoms with Crippen molar-refractivity contribution in [1.82, 2.24) is 4.98 Å². The van der Waals surface area contributed by atoms with Crippen LogP contribution < -0.4 is 4.74 Å². The van der Waals surface area contributed by atoms with Crippen LogP contribution in [0.5, 0.6) is 5.75 Å². The van der Waals surface area contributed by atoms with E-state index in [-0.39, 0.29) is 0 Å². The van der Waals surface area contributed by atoms with Crippen LogP contribution in [0.25, 0.3) is 28.2 Å². The fourth-order valence-corrected chi connectivity index (χ4v) is 3.07. The Labute approximate surface area is 166 Å². The first kappa shape index (κ1) is 19.8. The summed E-state index contributed by atoms with van der Waals surface area (Å²) in [7, 11) is 0. The second kappa shape index (κ2) is 9.84. The molecule has 0 aliphatic heterocycles. The van der Waals surface area contributed by atoms with Crippen LogP contribution in [0.3, 0.4) is 0 Å². The van der Waals surface area contributed by atoms with E-state index in [1.54, 1.807) is 13.0 Å². The van der Waals surface area contributed by atoms with Crippen molar-refractivity contribution in [3.63, 3.8) is 0 Å². The van der Waals surface area contributed by atoms with E-state index in [2.05, 4.69) is 36.9 Å². The van der Waals surface area contributed by atoms with Crippen molar-refractivity contribution in [2.24, 2.45) is 0 Å². The Bertz CT molecular complexity index is 962. The van der Waals surface area contributed by atoms with Crippen molar-refractivity contribution >= 4 is 17.0 Å². The zero-order valence-corrected chi connectivity index (χ0v) is 16.3. The van der Waals surface area contributed by atoms with E-state index in [4.69, 9.17) is 9.72 Å². The lowest BCUT2D eigenvalue weighted by Crippen LogP contribution is -1.97. The van der Waals surface area contributed by atoms with Gasteiger partial charge in [-0.05, 0) is 56.0 Å². The molecule has 0 saturated heterocycles. The number of allylic oxidation sites excluding steroid dienone is 1. The number of benzene rings is 2. The summed E-state index contributed by atoms with van der Waals surface area (Å²) >= 11 is 0. The van der Waals surface area contributed by atoms with Gasteiger partial charge in [-0.15, -0.1) is 0 Å². The topological polar surface area (TPSA) is 22.1 Å². The van der Waals surface area contributed by atoms with E-state index in [0.717, 1.165) is 46.3 Å². The molecule has 0 saturated carbocycles. The Morgan fingerprint density at radius 3 is 2.82 bits per heavy atom. The molecule has 2 nitrogen and oxygen atoms in total. The standard InChI is InChI=1S/C25H26FNO/c1-3-17-28-25-18-20(10-6-4-5-9-19(2)26)13-15-22(25)24-16-14-21-11-7-8-12-23(21)27-24/h3,6-8,10-16,18-19H,1,4-5,9,17H2,2H3. The van der Waals surface area contributed by atoms with Gasteiger partial charge < -0.3 is 4.74 Å². The van der Waals surface area contributed by atoms with E-state index in [0.29, 0.717) is 13.0 Å². The molecule has 0 radical (unpaired) electrons. The maximum Gasteiger partial charge on any atom is 0.129 e. The molecule has 1 heterocycles. The van der Waals surface area contributed by atoms with Crippen molar-refractivity contribution in [3.8, 4) is 17.0 Å². The number of rotatable bonds is 9. The molecule has 3 aromatic rings. The van der Waals surface area contributed by atoms with Gasteiger partial charge in [0.1, 0.15) is 12.4 Å². The second-order valence-corrected chi connectivity index (χ2v) is 6.86. The number of pyridine rings is 1. The highest BCUT2D eigenvalue weighted by Crippen LogP contribution is 2.31. The molecule has 0 N–H and O–H groups in total. The van der Waals surface area contributed by atoms with Crippen LogP contribution in [0.4, 0.5) is 4.39 Å². The number of aromatic nitrogens is 1. The molecule has 144 valence electrons. The molecular formula is C25H26FNO. The molecule has 28 heavy (non-hydrogen) atoms. The maximum atomic E-state index is 12.9. The Balaban J connectivity index is 1.85. The molecule has 0 aliphatic rings. The summed E-state index contributed by atoms with van der Waals surface area (Å²) in [6.45, 7) is 5.78. The van der Waals surface area contributed by atoms with Crippen LogP contribution in [0.2, 0.25) is 0 Å². The Hall–Kier alpha value is -2.94. The first-order valence-corrected chi connectivity index (χ1v) is 9.72. The molecule has 1 aromatic heterocycles. The average molecular weight is 375 g/mol. The van der Waals surface area contributed by atoms with E-state index in [1.807, 2.05) is 36.4 Å². The van der Waals surface area contributed by atoms with Crippen molar-refractivity contribution < 1.29 is 9.13 Å². The predicted octanol–water partition coefficient (Wildman–Crippen LogP) is 7.01. The highest BCUT2D eigenvalue weighted by molar-refractivity contribution is 5.82. The molecule has 2 aromatic carbocycles. The quantitative estimate of drug-likeness (QED) is 0.296. The molecule has 0 aliphatic carbocycles. The van der Waals surface area contributed by atoms with Gasteiger partial charge in [-0.3, -0.25) is 0 Å². The lowest BCUT2D eigenvalue weighted by molar-refractivity contribution is 0.335. The normalized spacial score (nSPS) is 12.4. The first-order chi connectivity index (χ1) is 13.7. The van der Waals surface area contributed by atoms with Crippen molar-refractivity contribution in [2.75, 3.05) is 6.61 Å². The molecule has 0 amide bonds. The predicted molar refractivity (Wildman–Crippen MR) is 116 cm³/mol. The van der Waals surface area contributed by atoms with E-state index < -0.39 is 6.17 Å². The number of halogens is 1. The monoisotopic (exact) mass is 375 g/mol. The van der Waals surface area contributed by atoms with Gasteiger partial charge >= 0.3 is 0 Å². The molecular weight excluding hydrogens is 349 g/mol. The second-order valence-electron chi connectivity index (χ2n) is 6.86. The summed E-state index contributed by atoms with van der Waals surface area (Å²) in [5.74, 6) is 0.780. The molecule has 1 atom stereocenters. The van der Waals surface area contributed by atoms with Gasteiger partial charge in [0.25, 0.3) is 0 Å². The van der Waals surface area contributed by atoms with Crippen molar-refractivity contribution in [3.05, 3.63) is 78.9 Å². The fourth-order valence-electron chi connectivity index (χ4n) is 3.07. The Morgan fingerprint density at radius 2 is 2.00 bits per heavy atom. The third-order valence-electron chi connectivity index (χ3n) is 4.52. The molecule has 3 rings (SSSR count). The van der Waals surface area contributed by atoms with Gasteiger partial charge in [0.2, 0.25) is 0 Å². The summed E-state index contributed by atoms with van der Waals surface area (Å²) in [5, 5.41) is 1.11. The first-order valence-electron chi connectivity index (χ1n) is 9.72. The molecule has 0 fully saturated rings. The Kier molecular flexibility index (Phi) is 6.96. The number of fused-ring (bicyclic) bond motifs is 1. The van der Waals surface area contributed by atoms with Crippen LogP contribution in [-0.2, 0) is 0 Å². The highest BCUT2D eigenvalue weighted by Gasteiger charge is 2.09. The SMILES string of the molecule is C=CCOc1cc(C=CCCCC(C)F)ccc1-c1ccc2ccccc2n1. The summed E-state index contributed by atoms with van der Waals surface area (Å²) < 4.78 is 18.8. The highest BCUT2D eigenvalue weighted by atomic mass is 19.1. The minimum Gasteiger partial charge on any atom is -0.489 e. The number of nitrogens with zero attached hydrogens (tertiary/aromatic N) is 1. The van der Waals surface area contributed by atoms with Gasteiger partial charge in [-0.1, -0.05) is 55.1 Å². The number of alkyl halides is 1. The van der Waals surface area contributed by atoms with Crippen LogP contribution in [0, 0.1) is 0 Å². The number of hydrogen-bond donors (Lipinski definition) is 0. The molecule has 0 bridgehead atoms. The van der Waals surface area contributed by atoms with Gasteiger partial charge in [0, 0.05) is 10.9 Å². The Morgan fingerprint density at radius 1 is 1.14 bits per heavy atom. The fraction of sp³-hybridized carbons (Fsp3) is 0.240. The van der Waals surface area contributed by atoms with Crippen LogP contribution >= 0.6 is 0 Å². The van der Waals surface area contributed by atoms with Crippen molar-refractivity contribution in [1.29, 1.82) is 0 Å². The van der Waals surface area contributed by atoms with Gasteiger partial charge in [0.05, 0.1) is 17.4 Å². The third kappa shape index (κ3) is 5.29. The average Bonchev–Trinajstić information content (AvgIpc) is 2.71. The lowest BCUT2D eigenvalue weighted by Gasteiger charge is -2.12. The summed E-state index contributed by atoms with van der Waals surface area (Å²) in [6.07, 6.45) is 7.46. The zero-order valence-electron chi connectivity index (χ0n) is 16.3. The third-order valence-corrected chi connectivity index (χ3v) is 4.52. The zero-order chi connectivity index (χ0) is 19.8. The van der Waals surface area contributed by atoms with E-state index in [9.17, 15) is 4.39 Å². The number of unbranched alkanes of at least 4 members (excludes halogenated alkanes) is 1. The maximum absolute atomic E-state index is 12.9. The number of ether oxygens (including phenoxy) is 1. The van der Waals surface area contributed by atoms with Crippen LogP contribution in [-0.4, -0.2) is 17.8 Å². The van der Waals surface area contributed by atoms with E-state index >= 15 is 0 Å².